The second-order valence-electron chi connectivity index (χ2n) is 4.83. The summed E-state index contributed by atoms with van der Waals surface area (Å²) in [5, 5.41) is 7.64. The van der Waals surface area contributed by atoms with Gasteiger partial charge in [-0.25, -0.2) is 9.97 Å². The van der Waals surface area contributed by atoms with E-state index in [1.54, 1.807) is 30.9 Å². The van der Waals surface area contributed by atoms with Crippen LogP contribution in [0.15, 0.2) is 36.9 Å². The zero-order valence-electron chi connectivity index (χ0n) is 11.0. The number of hydrogen-bond donors (Lipinski definition) is 0. The van der Waals surface area contributed by atoms with E-state index in [2.05, 4.69) is 20.2 Å². The first-order valence-electron chi connectivity index (χ1n) is 6.67. The number of carbonyl (C=O) groups is 1. The van der Waals surface area contributed by atoms with E-state index < -0.39 is 0 Å². The fourth-order valence-corrected chi connectivity index (χ4v) is 2.52. The second-order valence-corrected chi connectivity index (χ2v) is 4.83. The molecule has 0 bridgehead atoms. The molecule has 0 unspecified atom stereocenters. The third-order valence-electron chi connectivity index (χ3n) is 3.52. The number of likely N-dealkylation sites (tertiary alicyclic amines) is 1. The lowest BCUT2D eigenvalue weighted by Crippen LogP contribution is -2.39. The molecular weight excluding hydrogens is 254 g/mol. The van der Waals surface area contributed by atoms with Gasteiger partial charge >= 0.3 is 0 Å². The first-order chi connectivity index (χ1) is 9.84. The average Bonchev–Trinajstić information content (AvgIpc) is 2.56. The maximum atomic E-state index is 12.4. The number of nitrogens with zero attached hydrogens (tertiary/aromatic N) is 5. The van der Waals surface area contributed by atoms with Gasteiger partial charge in [-0.2, -0.15) is 5.10 Å². The zero-order valence-corrected chi connectivity index (χ0v) is 11.0. The summed E-state index contributed by atoms with van der Waals surface area (Å²) in [5.41, 5.74) is 1.40. The zero-order chi connectivity index (χ0) is 13.8. The number of rotatable bonds is 2. The molecule has 1 saturated heterocycles. The van der Waals surface area contributed by atoms with E-state index in [-0.39, 0.29) is 11.8 Å². The van der Waals surface area contributed by atoms with Crippen LogP contribution in [0.5, 0.6) is 0 Å². The monoisotopic (exact) mass is 269 g/mol. The lowest BCUT2D eigenvalue weighted by Gasteiger charge is -2.32. The Hall–Kier alpha value is -2.37. The first-order valence-corrected chi connectivity index (χ1v) is 6.67. The number of amides is 1. The molecule has 20 heavy (non-hydrogen) atoms. The minimum atomic E-state index is -0.0585. The minimum absolute atomic E-state index is 0.0585. The molecule has 0 N–H and O–H groups in total. The number of piperidine rings is 1. The Kier molecular flexibility index (Phi) is 3.62. The topological polar surface area (TPSA) is 71.9 Å². The quantitative estimate of drug-likeness (QED) is 0.821. The molecule has 0 spiro atoms. The molecule has 0 aromatic carbocycles. The van der Waals surface area contributed by atoms with Crippen LogP contribution >= 0.6 is 0 Å². The Morgan fingerprint density at radius 2 is 2.25 bits per heavy atom. The average molecular weight is 269 g/mol. The predicted molar refractivity (Wildman–Crippen MR) is 71.9 cm³/mol. The van der Waals surface area contributed by atoms with Gasteiger partial charge in [-0.1, -0.05) is 0 Å². The van der Waals surface area contributed by atoms with Gasteiger partial charge in [0.1, 0.15) is 6.33 Å². The molecule has 2 aromatic rings. The lowest BCUT2D eigenvalue weighted by atomic mass is 9.94. The van der Waals surface area contributed by atoms with Crippen molar-refractivity contribution in [2.75, 3.05) is 13.1 Å². The fraction of sp³-hybridized carbons (Fsp3) is 0.357. The highest BCUT2D eigenvalue weighted by molar-refractivity contribution is 5.92. The molecule has 3 rings (SSSR count). The molecule has 1 fully saturated rings. The molecule has 0 radical (unpaired) electrons. The molecule has 1 atom stereocenters. The Labute approximate surface area is 116 Å². The van der Waals surface area contributed by atoms with E-state index in [1.807, 2.05) is 11.0 Å². The van der Waals surface area contributed by atoms with Gasteiger partial charge in [-0.3, -0.25) is 4.79 Å². The SMILES string of the molecule is O=C(c1cccnn1)N1CCC[C@H](c2ccncn2)C1. The maximum Gasteiger partial charge on any atom is 0.274 e. The number of hydrogen-bond acceptors (Lipinski definition) is 5. The predicted octanol–water partition coefficient (Wildman–Crippen LogP) is 1.29. The van der Waals surface area contributed by atoms with Crippen LogP contribution in [0.4, 0.5) is 0 Å². The van der Waals surface area contributed by atoms with E-state index >= 15 is 0 Å². The van der Waals surface area contributed by atoms with Gasteiger partial charge in [0, 0.05) is 37.1 Å². The molecule has 1 aliphatic rings. The lowest BCUT2D eigenvalue weighted by molar-refractivity contribution is 0.0698. The molecule has 6 nitrogen and oxygen atoms in total. The fourth-order valence-electron chi connectivity index (χ4n) is 2.52. The van der Waals surface area contributed by atoms with Crippen molar-refractivity contribution in [3.8, 4) is 0 Å². The molecule has 6 heteroatoms. The van der Waals surface area contributed by atoms with Gasteiger partial charge in [-0.05, 0) is 31.0 Å². The van der Waals surface area contributed by atoms with Gasteiger partial charge in [0.15, 0.2) is 5.69 Å². The Morgan fingerprint density at radius 1 is 1.30 bits per heavy atom. The van der Waals surface area contributed by atoms with E-state index in [9.17, 15) is 4.79 Å². The van der Waals surface area contributed by atoms with Crippen molar-refractivity contribution in [3.63, 3.8) is 0 Å². The van der Waals surface area contributed by atoms with E-state index in [1.165, 1.54) is 0 Å². The van der Waals surface area contributed by atoms with Crippen molar-refractivity contribution in [2.24, 2.45) is 0 Å². The highest BCUT2D eigenvalue weighted by Gasteiger charge is 2.26. The first kappa shape index (κ1) is 12.7. The van der Waals surface area contributed by atoms with Crippen LogP contribution in [0.1, 0.15) is 34.9 Å². The summed E-state index contributed by atoms with van der Waals surface area (Å²) in [6, 6.07) is 5.34. The van der Waals surface area contributed by atoms with Gasteiger partial charge < -0.3 is 4.90 Å². The van der Waals surface area contributed by atoms with E-state index in [0.29, 0.717) is 12.2 Å². The van der Waals surface area contributed by atoms with Crippen molar-refractivity contribution in [1.82, 2.24) is 25.1 Å². The number of carbonyl (C=O) groups excluding carboxylic acids is 1. The highest BCUT2D eigenvalue weighted by Crippen LogP contribution is 2.25. The molecule has 0 aliphatic carbocycles. The standard InChI is InChI=1S/C14H15N5O/c20-14(13-4-1-6-17-18-13)19-8-2-3-11(9-19)12-5-7-15-10-16-12/h1,4-7,10-11H,2-3,8-9H2/t11-/m0/s1. The number of aromatic nitrogens is 4. The molecular formula is C14H15N5O. The van der Waals surface area contributed by atoms with Gasteiger partial charge in [0.2, 0.25) is 0 Å². The van der Waals surface area contributed by atoms with Gasteiger partial charge in [-0.15, -0.1) is 5.10 Å². The van der Waals surface area contributed by atoms with Crippen molar-refractivity contribution in [3.05, 3.63) is 48.3 Å². The van der Waals surface area contributed by atoms with Crippen LogP contribution in [0.25, 0.3) is 0 Å². The second kappa shape index (κ2) is 5.73. The Morgan fingerprint density at radius 3 is 3.00 bits per heavy atom. The van der Waals surface area contributed by atoms with Crippen molar-refractivity contribution in [2.45, 2.75) is 18.8 Å². The molecule has 3 heterocycles. The normalized spacial score (nSPS) is 18.8. The summed E-state index contributed by atoms with van der Waals surface area (Å²) in [5.74, 6) is 0.212. The van der Waals surface area contributed by atoms with Crippen molar-refractivity contribution < 1.29 is 4.79 Å². The molecule has 0 saturated carbocycles. The van der Waals surface area contributed by atoms with Crippen LogP contribution in [0.2, 0.25) is 0 Å². The summed E-state index contributed by atoms with van der Waals surface area (Å²) in [6.45, 7) is 1.43. The van der Waals surface area contributed by atoms with Gasteiger partial charge in [0.05, 0.1) is 0 Å². The van der Waals surface area contributed by atoms with Gasteiger partial charge in [0.25, 0.3) is 5.91 Å². The Balaban J connectivity index is 1.74. The largest absolute Gasteiger partial charge is 0.337 e. The summed E-state index contributed by atoms with van der Waals surface area (Å²) >= 11 is 0. The molecule has 2 aromatic heterocycles. The van der Waals surface area contributed by atoms with Crippen molar-refractivity contribution >= 4 is 5.91 Å². The summed E-state index contributed by atoms with van der Waals surface area (Å²) in [7, 11) is 0. The third-order valence-corrected chi connectivity index (χ3v) is 3.52. The van der Waals surface area contributed by atoms with Crippen LogP contribution in [0.3, 0.4) is 0 Å². The van der Waals surface area contributed by atoms with Crippen LogP contribution in [0, 0.1) is 0 Å². The Bertz CT molecular complexity index is 575. The summed E-state index contributed by atoms with van der Waals surface area (Å²) in [4.78, 5) is 22.4. The minimum Gasteiger partial charge on any atom is -0.337 e. The smallest absolute Gasteiger partial charge is 0.274 e. The van der Waals surface area contributed by atoms with Crippen LogP contribution in [-0.4, -0.2) is 44.1 Å². The summed E-state index contributed by atoms with van der Waals surface area (Å²) < 4.78 is 0. The third kappa shape index (κ3) is 2.64. The van der Waals surface area contributed by atoms with Crippen LogP contribution in [-0.2, 0) is 0 Å². The highest BCUT2D eigenvalue weighted by atomic mass is 16.2. The maximum absolute atomic E-state index is 12.4. The van der Waals surface area contributed by atoms with Crippen LogP contribution < -0.4 is 0 Å². The van der Waals surface area contributed by atoms with E-state index in [0.717, 1.165) is 25.1 Å². The molecule has 1 amide bonds. The van der Waals surface area contributed by atoms with Crippen molar-refractivity contribution in [1.29, 1.82) is 0 Å². The molecule has 1 aliphatic heterocycles. The summed E-state index contributed by atoms with van der Waals surface area (Å²) in [6.07, 6.45) is 6.88. The van der Waals surface area contributed by atoms with E-state index in [4.69, 9.17) is 0 Å². The molecule has 102 valence electrons.